The molecular formula is C25H23Cl2N7O5. The molecule has 14 heteroatoms. The Morgan fingerprint density at radius 1 is 0.974 bits per heavy atom. The first kappa shape index (κ1) is 26.3. The number of hydrogen-bond acceptors (Lipinski definition) is 9. The normalized spacial score (nSPS) is 11.2. The summed E-state index contributed by atoms with van der Waals surface area (Å²) in [5.74, 6) is 2.00. The molecule has 5 rings (SSSR count). The number of benzene rings is 2. The Hall–Kier alpha value is -4.29. The number of halogens is 2. The van der Waals surface area contributed by atoms with Crippen LogP contribution >= 0.6 is 23.2 Å². The summed E-state index contributed by atoms with van der Waals surface area (Å²) in [5, 5.41) is 12.2. The van der Waals surface area contributed by atoms with E-state index >= 15 is 0 Å². The number of anilines is 1. The molecule has 0 bridgehead atoms. The van der Waals surface area contributed by atoms with Crippen molar-refractivity contribution in [3.05, 3.63) is 78.7 Å². The minimum Gasteiger partial charge on any atom is -0.497 e. The molecule has 0 aliphatic rings. The van der Waals surface area contributed by atoms with Gasteiger partial charge in [-0.1, -0.05) is 23.2 Å². The van der Waals surface area contributed by atoms with Crippen molar-refractivity contribution in [1.82, 2.24) is 28.9 Å². The number of ether oxygens (including phenoxy) is 2. The van der Waals surface area contributed by atoms with Gasteiger partial charge in [-0.3, -0.25) is 18.5 Å². The van der Waals surface area contributed by atoms with Crippen molar-refractivity contribution in [2.24, 2.45) is 14.1 Å². The van der Waals surface area contributed by atoms with Gasteiger partial charge in [-0.25, -0.2) is 4.79 Å². The second kappa shape index (κ2) is 10.5. The highest BCUT2D eigenvalue weighted by Gasteiger charge is 2.22. The Bertz CT molecular complexity index is 1820. The number of rotatable bonds is 8. The monoisotopic (exact) mass is 571 g/mol. The summed E-state index contributed by atoms with van der Waals surface area (Å²) in [6.07, 6.45) is 0. The van der Waals surface area contributed by atoms with E-state index in [9.17, 15) is 9.59 Å². The molecule has 0 saturated heterocycles. The van der Waals surface area contributed by atoms with Gasteiger partial charge >= 0.3 is 5.69 Å². The first-order valence-electron chi connectivity index (χ1n) is 11.6. The van der Waals surface area contributed by atoms with Gasteiger partial charge in [0.05, 0.1) is 24.3 Å². The molecule has 1 N–H and O–H groups in total. The van der Waals surface area contributed by atoms with Crippen LogP contribution in [0.2, 0.25) is 10.0 Å². The average molecular weight is 572 g/mol. The molecule has 12 nitrogen and oxygen atoms in total. The van der Waals surface area contributed by atoms with Gasteiger partial charge in [0, 0.05) is 37.8 Å². The Labute approximate surface area is 231 Å². The van der Waals surface area contributed by atoms with E-state index in [1.54, 1.807) is 50.1 Å². The van der Waals surface area contributed by atoms with E-state index in [1.165, 1.54) is 11.6 Å². The van der Waals surface area contributed by atoms with Gasteiger partial charge < -0.3 is 19.2 Å². The van der Waals surface area contributed by atoms with Crippen LogP contribution in [0.3, 0.4) is 0 Å². The van der Waals surface area contributed by atoms with Crippen LogP contribution in [0.5, 0.6) is 11.5 Å². The van der Waals surface area contributed by atoms with E-state index in [2.05, 4.69) is 20.5 Å². The summed E-state index contributed by atoms with van der Waals surface area (Å²) < 4.78 is 20.6. The molecule has 0 aliphatic heterocycles. The van der Waals surface area contributed by atoms with Gasteiger partial charge in [0.1, 0.15) is 18.0 Å². The smallest absolute Gasteiger partial charge is 0.332 e. The fraction of sp³-hybridized carbons (Fsp3) is 0.240. The van der Waals surface area contributed by atoms with Gasteiger partial charge in [-0.05, 0) is 30.3 Å². The topological polar surface area (TPSA) is 131 Å². The quantitative estimate of drug-likeness (QED) is 0.297. The van der Waals surface area contributed by atoms with E-state index in [0.29, 0.717) is 39.6 Å². The van der Waals surface area contributed by atoms with Crippen LogP contribution in [0.25, 0.3) is 22.6 Å². The number of aryl methyl sites for hydroxylation is 1. The predicted molar refractivity (Wildman–Crippen MR) is 146 cm³/mol. The SMILES string of the molecule is COc1ccc(CNc2nc3c(c(=O)n(C)c(=O)n3C)n2Cc2nnc(-c3ccc(Cl)c(Cl)c3)o2)c(OC)c1. The number of nitrogens with zero attached hydrogens (tertiary/aromatic N) is 6. The van der Waals surface area contributed by atoms with Crippen molar-refractivity contribution in [1.29, 1.82) is 0 Å². The lowest BCUT2D eigenvalue weighted by molar-refractivity contribution is 0.391. The standard InChI is InChI=1S/C25H23Cl2N7O5/c1-32-21-20(23(35)33(2)25(32)36)34(12-19-30-31-22(39-19)13-6-8-16(26)17(27)9-13)24(29-21)28-11-14-5-7-15(37-3)10-18(14)38-4/h5-10H,11-12H2,1-4H3,(H,28,29). The van der Waals surface area contributed by atoms with Crippen LogP contribution in [-0.2, 0) is 27.2 Å². The second-order valence-electron chi connectivity index (χ2n) is 8.56. The fourth-order valence-corrected chi connectivity index (χ4v) is 4.40. The average Bonchev–Trinajstić information content (AvgIpc) is 3.56. The number of imidazole rings is 1. The minimum absolute atomic E-state index is 0.000344. The summed E-state index contributed by atoms with van der Waals surface area (Å²) in [5.41, 5.74) is 0.787. The number of hydrogen-bond donors (Lipinski definition) is 1. The lowest BCUT2D eigenvalue weighted by Gasteiger charge is -2.12. The van der Waals surface area contributed by atoms with Gasteiger partial charge in [0.2, 0.25) is 17.7 Å². The molecule has 0 aliphatic carbocycles. The molecule has 0 atom stereocenters. The number of fused-ring (bicyclic) bond motifs is 1. The summed E-state index contributed by atoms with van der Waals surface area (Å²) in [7, 11) is 6.09. The maximum atomic E-state index is 13.2. The Balaban J connectivity index is 1.56. The molecule has 39 heavy (non-hydrogen) atoms. The van der Waals surface area contributed by atoms with Gasteiger partial charge in [-0.2, -0.15) is 4.98 Å². The van der Waals surface area contributed by atoms with Crippen molar-refractivity contribution in [3.63, 3.8) is 0 Å². The zero-order chi connectivity index (χ0) is 27.8. The largest absolute Gasteiger partial charge is 0.497 e. The van der Waals surface area contributed by atoms with Crippen molar-refractivity contribution >= 4 is 40.3 Å². The summed E-state index contributed by atoms with van der Waals surface area (Å²) in [4.78, 5) is 30.4. The highest BCUT2D eigenvalue weighted by atomic mass is 35.5. The van der Waals surface area contributed by atoms with Crippen LogP contribution < -0.4 is 26.0 Å². The zero-order valence-corrected chi connectivity index (χ0v) is 22.9. The molecule has 0 amide bonds. The fourth-order valence-electron chi connectivity index (χ4n) is 4.11. The first-order valence-corrected chi connectivity index (χ1v) is 12.4. The van der Waals surface area contributed by atoms with Crippen molar-refractivity contribution in [2.75, 3.05) is 19.5 Å². The Kier molecular flexibility index (Phi) is 7.06. The molecular weight excluding hydrogens is 549 g/mol. The molecule has 5 aromatic rings. The Morgan fingerprint density at radius 2 is 1.77 bits per heavy atom. The third kappa shape index (κ3) is 4.84. The number of nitrogens with one attached hydrogen (secondary N) is 1. The van der Waals surface area contributed by atoms with Crippen LogP contribution in [0.15, 0.2) is 50.4 Å². The molecule has 202 valence electrons. The Morgan fingerprint density at radius 3 is 2.49 bits per heavy atom. The van der Waals surface area contributed by atoms with Crippen molar-refractivity contribution in [3.8, 4) is 23.0 Å². The molecule has 3 heterocycles. The van der Waals surface area contributed by atoms with E-state index in [-0.39, 0.29) is 29.5 Å². The minimum atomic E-state index is -0.514. The summed E-state index contributed by atoms with van der Waals surface area (Å²) in [6, 6.07) is 10.4. The molecule has 0 unspecified atom stereocenters. The van der Waals surface area contributed by atoms with E-state index in [1.807, 2.05) is 12.1 Å². The van der Waals surface area contributed by atoms with Crippen LogP contribution in [-0.4, -0.2) is 43.1 Å². The maximum absolute atomic E-state index is 13.2. The van der Waals surface area contributed by atoms with Crippen LogP contribution in [0, 0.1) is 0 Å². The molecule has 0 fully saturated rings. The molecule has 0 spiro atoms. The number of aromatic nitrogens is 6. The predicted octanol–water partition coefficient (Wildman–Crippen LogP) is 3.47. The lowest BCUT2D eigenvalue weighted by Crippen LogP contribution is -2.37. The van der Waals surface area contributed by atoms with Crippen LogP contribution in [0.4, 0.5) is 5.95 Å². The lowest BCUT2D eigenvalue weighted by atomic mass is 10.2. The van der Waals surface area contributed by atoms with E-state index < -0.39 is 11.2 Å². The molecule has 0 saturated carbocycles. The molecule has 3 aromatic heterocycles. The summed E-state index contributed by atoms with van der Waals surface area (Å²) in [6.45, 7) is 0.295. The van der Waals surface area contributed by atoms with Crippen molar-refractivity contribution < 1.29 is 13.9 Å². The van der Waals surface area contributed by atoms with Crippen molar-refractivity contribution in [2.45, 2.75) is 13.1 Å². The second-order valence-corrected chi connectivity index (χ2v) is 9.38. The van der Waals surface area contributed by atoms with Crippen LogP contribution in [0.1, 0.15) is 11.5 Å². The number of methoxy groups -OCH3 is 2. The first-order chi connectivity index (χ1) is 18.7. The van der Waals surface area contributed by atoms with Gasteiger partial charge in [0.15, 0.2) is 11.2 Å². The maximum Gasteiger partial charge on any atom is 0.332 e. The zero-order valence-electron chi connectivity index (χ0n) is 21.4. The van der Waals surface area contributed by atoms with E-state index in [0.717, 1.165) is 10.1 Å². The third-order valence-electron chi connectivity index (χ3n) is 6.21. The van der Waals surface area contributed by atoms with E-state index in [4.69, 9.17) is 37.1 Å². The molecule has 0 radical (unpaired) electrons. The highest BCUT2D eigenvalue weighted by molar-refractivity contribution is 6.42. The summed E-state index contributed by atoms with van der Waals surface area (Å²) >= 11 is 12.1. The van der Waals surface area contributed by atoms with Gasteiger partial charge in [0.25, 0.3) is 5.56 Å². The highest BCUT2D eigenvalue weighted by Crippen LogP contribution is 2.29. The molecule has 2 aromatic carbocycles. The third-order valence-corrected chi connectivity index (χ3v) is 6.94. The van der Waals surface area contributed by atoms with Gasteiger partial charge in [-0.15, -0.1) is 10.2 Å².